The topological polar surface area (TPSA) is 52.6 Å². The van der Waals surface area contributed by atoms with Crippen LogP contribution < -0.4 is 15.5 Å². The first kappa shape index (κ1) is 22.8. The SMILES string of the molecule is CN=C(NCc1ccnc(N2CCCCCC2)c1)NCC1(c2ccccc2)CC1.I. The fraction of sp³-hybridized carbons (Fsp3) is 0.500. The zero-order valence-corrected chi connectivity index (χ0v) is 20.3. The molecule has 2 heterocycles. The van der Waals surface area contributed by atoms with Crippen molar-refractivity contribution >= 4 is 35.8 Å². The van der Waals surface area contributed by atoms with E-state index < -0.39 is 0 Å². The van der Waals surface area contributed by atoms with Gasteiger partial charge in [0, 0.05) is 44.8 Å². The van der Waals surface area contributed by atoms with Gasteiger partial charge in [0.05, 0.1) is 0 Å². The van der Waals surface area contributed by atoms with Crippen LogP contribution in [0.5, 0.6) is 0 Å². The summed E-state index contributed by atoms with van der Waals surface area (Å²) < 4.78 is 0. The number of nitrogens with zero attached hydrogens (tertiary/aromatic N) is 3. The Balaban J connectivity index is 0.00000256. The summed E-state index contributed by atoms with van der Waals surface area (Å²) >= 11 is 0. The lowest BCUT2D eigenvalue weighted by Gasteiger charge is -2.22. The number of hydrogen-bond acceptors (Lipinski definition) is 3. The highest BCUT2D eigenvalue weighted by Gasteiger charge is 2.43. The molecule has 30 heavy (non-hydrogen) atoms. The van der Waals surface area contributed by atoms with Crippen molar-refractivity contribution in [2.75, 3.05) is 31.6 Å². The Labute approximate surface area is 197 Å². The average Bonchev–Trinajstić information content (AvgIpc) is 3.59. The first-order chi connectivity index (χ1) is 14.3. The number of aromatic nitrogens is 1. The highest BCUT2D eigenvalue weighted by molar-refractivity contribution is 14.0. The van der Waals surface area contributed by atoms with Gasteiger partial charge in [0.25, 0.3) is 0 Å². The van der Waals surface area contributed by atoms with E-state index in [-0.39, 0.29) is 29.4 Å². The quantitative estimate of drug-likeness (QED) is 0.336. The Morgan fingerprint density at radius 3 is 2.43 bits per heavy atom. The summed E-state index contributed by atoms with van der Waals surface area (Å²) in [6.45, 7) is 3.91. The Hall–Kier alpha value is -1.83. The van der Waals surface area contributed by atoms with Crippen molar-refractivity contribution in [3.63, 3.8) is 0 Å². The Morgan fingerprint density at radius 2 is 1.77 bits per heavy atom. The number of anilines is 1. The summed E-state index contributed by atoms with van der Waals surface area (Å²) in [7, 11) is 1.84. The van der Waals surface area contributed by atoms with Gasteiger partial charge < -0.3 is 15.5 Å². The van der Waals surface area contributed by atoms with Crippen molar-refractivity contribution in [1.29, 1.82) is 0 Å². The predicted octanol–water partition coefficient (Wildman–Crippen LogP) is 4.48. The minimum atomic E-state index is 0. The summed E-state index contributed by atoms with van der Waals surface area (Å²) in [5.41, 5.74) is 2.95. The molecule has 2 aromatic rings. The van der Waals surface area contributed by atoms with Gasteiger partial charge in [0.1, 0.15) is 5.82 Å². The monoisotopic (exact) mass is 519 g/mol. The van der Waals surface area contributed by atoms with Crippen LogP contribution in [0.15, 0.2) is 53.7 Å². The van der Waals surface area contributed by atoms with Gasteiger partial charge in [-0.2, -0.15) is 0 Å². The number of nitrogens with one attached hydrogen (secondary N) is 2. The smallest absolute Gasteiger partial charge is 0.191 e. The van der Waals surface area contributed by atoms with Crippen LogP contribution in [0.2, 0.25) is 0 Å². The summed E-state index contributed by atoms with van der Waals surface area (Å²) in [6, 6.07) is 15.1. The maximum Gasteiger partial charge on any atom is 0.191 e. The van der Waals surface area contributed by atoms with Gasteiger partial charge in [-0.1, -0.05) is 43.2 Å². The zero-order chi connectivity index (χ0) is 19.9. The van der Waals surface area contributed by atoms with Crippen LogP contribution in [0.1, 0.15) is 49.7 Å². The van der Waals surface area contributed by atoms with E-state index >= 15 is 0 Å². The van der Waals surface area contributed by atoms with Gasteiger partial charge in [-0.3, -0.25) is 4.99 Å². The second-order valence-electron chi connectivity index (χ2n) is 8.35. The summed E-state index contributed by atoms with van der Waals surface area (Å²) in [6.07, 6.45) is 9.62. The molecule has 5 nitrogen and oxygen atoms in total. The number of hydrogen-bond donors (Lipinski definition) is 2. The largest absolute Gasteiger partial charge is 0.357 e. The molecule has 1 aromatic heterocycles. The Bertz CT molecular complexity index is 811. The lowest BCUT2D eigenvalue weighted by molar-refractivity contribution is 0.645. The third-order valence-corrected chi connectivity index (χ3v) is 6.26. The van der Waals surface area contributed by atoms with E-state index in [1.807, 2.05) is 13.2 Å². The van der Waals surface area contributed by atoms with Crippen molar-refractivity contribution < 1.29 is 0 Å². The van der Waals surface area contributed by atoms with Gasteiger partial charge >= 0.3 is 0 Å². The highest BCUT2D eigenvalue weighted by atomic mass is 127. The van der Waals surface area contributed by atoms with E-state index in [0.717, 1.165) is 38.0 Å². The minimum absolute atomic E-state index is 0. The molecule has 1 saturated heterocycles. The minimum Gasteiger partial charge on any atom is -0.357 e. The first-order valence-electron chi connectivity index (χ1n) is 11.0. The van der Waals surface area contributed by atoms with Gasteiger partial charge in [-0.25, -0.2) is 4.98 Å². The maximum absolute atomic E-state index is 4.61. The fourth-order valence-corrected chi connectivity index (χ4v) is 4.21. The van der Waals surface area contributed by atoms with Gasteiger partial charge in [0.2, 0.25) is 0 Å². The van der Waals surface area contributed by atoms with Crippen molar-refractivity contribution in [3.05, 3.63) is 59.8 Å². The number of guanidine groups is 1. The molecule has 0 amide bonds. The highest BCUT2D eigenvalue weighted by Crippen LogP contribution is 2.47. The molecule has 1 aliphatic heterocycles. The molecule has 2 N–H and O–H groups in total. The van der Waals surface area contributed by atoms with Gasteiger partial charge in [-0.15, -0.1) is 24.0 Å². The van der Waals surface area contributed by atoms with E-state index in [1.54, 1.807) is 0 Å². The molecule has 0 bridgehead atoms. The lowest BCUT2D eigenvalue weighted by Crippen LogP contribution is -2.40. The number of pyridine rings is 1. The van der Waals surface area contributed by atoms with E-state index in [0.29, 0.717) is 0 Å². The molecule has 162 valence electrons. The molecular weight excluding hydrogens is 485 g/mol. The Kier molecular flexibility index (Phi) is 8.36. The molecule has 4 rings (SSSR count). The maximum atomic E-state index is 4.61. The number of benzene rings is 1. The van der Waals surface area contributed by atoms with Crippen LogP contribution in [0.3, 0.4) is 0 Å². The van der Waals surface area contributed by atoms with Crippen molar-refractivity contribution in [2.45, 2.75) is 50.5 Å². The predicted molar refractivity (Wildman–Crippen MR) is 136 cm³/mol. The second-order valence-corrected chi connectivity index (χ2v) is 8.35. The zero-order valence-electron chi connectivity index (χ0n) is 17.9. The van der Waals surface area contributed by atoms with Crippen LogP contribution >= 0.6 is 24.0 Å². The summed E-state index contributed by atoms with van der Waals surface area (Å²) in [5.74, 6) is 1.97. The Morgan fingerprint density at radius 1 is 1.03 bits per heavy atom. The molecule has 2 aliphatic rings. The number of halogens is 1. The van der Waals surface area contributed by atoms with E-state index in [2.05, 4.69) is 68.0 Å². The molecule has 1 aromatic carbocycles. The first-order valence-corrected chi connectivity index (χ1v) is 11.0. The lowest BCUT2D eigenvalue weighted by atomic mass is 9.96. The standard InChI is InChI=1S/C24H33N5.HI/c1-25-23(28-19-24(12-13-24)21-9-5-4-6-10-21)27-18-20-11-14-26-22(17-20)29-15-7-2-3-8-16-29;/h4-6,9-11,14,17H,2-3,7-8,12-13,15-16,18-19H2,1H3,(H2,25,27,28);1H. The normalized spacial score (nSPS) is 18.2. The van der Waals surface area contributed by atoms with Crippen LogP contribution in [-0.2, 0) is 12.0 Å². The van der Waals surface area contributed by atoms with E-state index in [1.165, 1.54) is 49.7 Å². The van der Waals surface area contributed by atoms with Crippen molar-refractivity contribution in [2.24, 2.45) is 4.99 Å². The second kappa shape index (κ2) is 11.0. The third kappa shape index (κ3) is 5.86. The molecular formula is C24H34IN5. The molecule has 0 radical (unpaired) electrons. The van der Waals surface area contributed by atoms with Crippen molar-refractivity contribution in [3.8, 4) is 0 Å². The molecule has 1 aliphatic carbocycles. The molecule has 0 unspecified atom stereocenters. The molecule has 0 atom stereocenters. The average molecular weight is 519 g/mol. The van der Waals surface area contributed by atoms with E-state index in [9.17, 15) is 0 Å². The van der Waals surface area contributed by atoms with Crippen LogP contribution in [0.25, 0.3) is 0 Å². The molecule has 2 fully saturated rings. The summed E-state index contributed by atoms with van der Waals surface area (Å²) in [4.78, 5) is 11.5. The fourth-order valence-electron chi connectivity index (χ4n) is 4.21. The molecule has 1 saturated carbocycles. The molecule has 0 spiro atoms. The van der Waals surface area contributed by atoms with Gasteiger partial charge in [0.15, 0.2) is 5.96 Å². The number of aliphatic imine (C=N–C) groups is 1. The van der Waals surface area contributed by atoms with Crippen LogP contribution in [0.4, 0.5) is 5.82 Å². The van der Waals surface area contributed by atoms with Crippen molar-refractivity contribution in [1.82, 2.24) is 15.6 Å². The van der Waals surface area contributed by atoms with E-state index in [4.69, 9.17) is 0 Å². The molecule has 6 heteroatoms. The third-order valence-electron chi connectivity index (χ3n) is 6.26. The summed E-state index contributed by atoms with van der Waals surface area (Å²) in [5, 5.41) is 7.01. The van der Waals surface area contributed by atoms with Crippen LogP contribution in [0, 0.1) is 0 Å². The number of rotatable bonds is 6. The van der Waals surface area contributed by atoms with Crippen LogP contribution in [-0.4, -0.2) is 37.6 Å². The van der Waals surface area contributed by atoms with Gasteiger partial charge in [-0.05, 0) is 48.9 Å².